The van der Waals surface area contributed by atoms with Gasteiger partial charge in [-0.1, -0.05) is 85.0 Å². The minimum absolute atomic E-state index is 0.00876. The largest absolute Gasteiger partial charge is 0.462 e. The Kier molecular flexibility index (Phi) is 17.4. The molecule has 0 heterocycles. The van der Waals surface area contributed by atoms with Crippen molar-refractivity contribution in [1.29, 1.82) is 0 Å². The van der Waals surface area contributed by atoms with Crippen molar-refractivity contribution < 1.29 is 9.53 Å². The molecule has 0 unspecified atom stereocenters. The van der Waals surface area contributed by atoms with Crippen LogP contribution in [0.4, 0.5) is 0 Å². The number of hydrogen-bond donors (Lipinski definition) is 0. The number of rotatable bonds is 17. The lowest BCUT2D eigenvalue weighted by molar-refractivity contribution is -0.149. The number of carbonyl (C=O) groups excluding carboxylic acids is 1. The lowest BCUT2D eigenvalue weighted by atomic mass is 10.0. The molecular formula is C21H42O2. The molecule has 0 aromatic carbocycles. The minimum atomic E-state index is 0.00876. The van der Waals surface area contributed by atoms with Crippen LogP contribution in [0.2, 0.25) is 0 Å². The van der Waals surface area contributed by atoms with Crippen LogP contribution in [0, 0.1) is 0 Å². The third-order valence-electron chi connectivity index (χ3n) is 4.51. The van der Waals surface area contributed by atoms with E-state index in [0.717, 1.165) is 19.3 Å². The molecule has 2 nitrogen and oxygen atoms in total. The molecule has 0 saturated heterocycles. The first-order chi connectivity index (χ1) is 11.2. The molecule has 0 fully saturated rings. The highest BCUT2D eigenvalue weighted by Gasteiger charge is 2.13. The first-order valence-electron chi connectivity index (χ1n) is 10.4. The summed E-state index contributed by atoms with van der Waals surface area (Å²) in [4.78, 5) is 11.8. The van der Waals surface area contributed by atoms with E-state index in [2.05, 4.69) is 13.8 Å². The minimum Gasteiger partial charge on any atom is -0.462 e. The van der Waals surface area contributed by atoms with Gasteiger partial charge in [0.25, 0.3) is 0 Å². The first kappa shape index (κ1) is 22.5. The Balaban J connectivity index is 3.86. The maximum atomic E-state index is 11.8. The third-order valence-corrected chi connectivity index (χ3v) is 4.51. The quantitative estimate of drug-likeness (QED) is 0.209. The van der Waals surface area contributed by atoms with Gasteiger partial charge in [-0.05, 0) is 32.1 Å². The first-order valence-corrected chi connectivity index (χ1v) is 10.4. The summed E-state index contributed by atoms with van der Waals surface area (Å²) in [7, 11) is 0. The van der Waals surface area contributed by atoms with Crippen LogP contribution < -0.4 is 0 Å². The van der Waals surface area contributed by atoms with E-state index in [1.54, 1.807) is 0 Å². The zero-order valence-electron chi connectivity index (χ0n) is 16.2. The van der Waals surface area contributed by atoms with Gasteiger partial charge in [0.15, 0.2) is 0 Å². The summed E-state index contributed by atoms with van der Waals surface area (Å²) in [6, 6.07) is 0. The van der Waals surface area contributed by atoms with E-state index < -0.39 is 0 Å². The molecule has 0 amide bonds. The number of esters is 1. The van der Waals surface area contributed by atoms with Crippen molar-refractivity contribution in [2.24, 2.45) is 0 Å². The normalized spacial score (nSPS) is 11.1. The monoisotopic (exact) mass is 326 g/mol. The molecule has 0 rings (SSSR count). The van der Waals surface area contributed by atoms with Crippen LogP contribution in [0.3, 0.4) is 0 Å². The maximum absolute atomic E-state index is 11.8. The Morgan fingerprint density at radius 2 is 1.09 bits per heavy atom. The average molecular weight is 327 g/mol. The van der Waals surface area contributed by atoms with Gasteiger partial charge in [0.05, 0.1) is 0 Å². The highest BCUT2D eigenvalue weighted by molar-refractivity contribution is 5.69. The second-order valence-corrected chi connectivity index (χ2v) is 6.97. The molecule has 0 spiro atoms. The second-order valence-electron chi connectivity index (χ2n) is 6.97. The molecule has 2 heteroatoms. The number of carbonyl (C=O) groups is 1. The van der Waals surface area contributed by atoms with Gasteiger partial charge in [-0.2, -0.15) is 0 Å². The SMILES string of the molecule is CCCCCCCCC(CCCCCCCC)OC(=O)CCC. The highest BCUT2D eigenvalue weighted by atomic mass is 16.5. The molecule has 0 saturated carbocycles. The summed E-state index contributed by atoms with van der Waals surface area (Å²) in [5.41, 5.74) is 0. The Hall–Kier alpha value is -0.530. The molecular weight excluding hydrogens is 284 g/mol. The molecule has 0 aliphatic carbocycles. The lowest BCUT2D eigenvalue weighted by Gasteiger charge is -2.18. The predicted octanol–water partition coefficient (Wildman–Crippen LogP) is 7.20. The molecule has 0 radical (unpaired) electrons. The molecule has 0 atom stereocenters. The van der Waals surface area contributed by atoms with Gasteiger partial charge in [-0.3, -0.25) is 4.79 Å². The number of unbranched alkanes of at least 4 members (excludes halogenated alkanes) is 10. The van der Waals surface area contributed by atoms with E-state index in [1.807, 2.05) is 6.92 Å². The zero-order valence-corrected chi connectivity index (χ0v) is 16.2. The van der Waals surface area contributed by atoms with Gasteiger partial charge < -0.3 is 4.74 Å². The van der Waals surface area contributed by atoms with Gasteiger partial charge in [-0.25, -0.2) is 0 Å². The van der Waals surface area contributed by atoms with Gasteiger partial charge in [-0.15, -0.1) is 0 Å². The molecule has 138 valence electrons. The van der Waals surface area contributed by atoms with Crippen LogP contribution in [0.5, 0.6) is 0 Å². The van der Waals surface area contributed by atoms with Crippen molar-refractivity contribution in [3.05, 3.63) is 0 Å². The topological polar surface area (TPSA) is 26.3 Å². The van der Waals surface area contributed by atoms with Crippen molar-refractivity contribution in [2.45, 2.75) is 130 Å². The van der Waals surface area contributed by atoms with Crippen molar-refractivity contribution >= 4 is 5.97 Å². The van der Waals surface area contributed by atoms with Gasteiger partial charge in [0.2, 0.25) is 0 Å². The Morgan fingerprint density at radius 3 is 1.52 bits per heavy atom. The molecule has 0 N–H and O–H groups in total. The highest BCUT2D eigenvalue weighted by Crippen LogP contribution is 2.17. The fourth-order valence-electron chi connectivity index (χ4n) is 3.02. The summed E-state index contributed by atoms with van der Waals surface area (Å²) in [6.45, 7) is 6.55. The van der Waals surface area contributed by atoms with Crippen LogP contribution in [0.25, 0.3) is 0 Å². The van der Waals surface area contributed by atoms with Gasteiger partial charge >= 0.3 is 5.97 Å². The van der Waals surface area contributed by atoms with Crippen LogP contribution in [-0.4, -0.2) is 12.1 Å². The van der Waals surface area contributed by atoms with Gasteiger partial charge in [0, 0.05) is 6.42 Å². The standard InChI is InChI=1S/C21H42O2/c1-4-7-9-11-13-15-18-20(23-21(22)17-6-3)19-16-14-12-10-8-5-2/h20H,4-19H2,1-3H3. The fourth-order valence-corrected chi connectivity index (χ4v) is 3.02. The number of hydrogen-bond acceptors (Lipinski definition) is 2. The lowest BCUT2D eigenvalue weighted by Crippen LogP contribution is -2.18. The molecule has 23 heavy (non-hydrogen) atoms. The molecule has 0 aromatic rings. The van der Waals surface area contributed by atoms with E-state index in [9.17, 15) is 4.79 Å². The Morgan fingerprint density at radius 1 is 0.652 bits per heavy atom. The van der Waals surface area contributed by atoms with Crippen molar-refractivity contribution in [3.8, 4) is 0 Å². The fraction of sp³-hybridized carbons (Fsp3) is 0.952. The van der Waals surface area contributed by atoms with E-state index in [0.29, 0.717) is 6.42 Å². The van der Waals surface area contributed by atoms with Crippen LogP contribution in [0.15, 0.2) is 0 Å². The van der Waals surface area contributed by atoms with Crippen LogP contribution in [-0.2, 0) is 9.53 Å². The van der Waals surface area contributed by atoms with Crippen molar-refractivity contribution in [3.63, 3.8) is 0 Å². The average Bonchev–Trinajstić information content (AvgIpc) is 2.53. The van der Waals surface area contributed by atoms with Crippen molar-refractivity contribution in [2.75, 3.05) is 0 Å². The number of ether oxygens (including phenoxy) is 1. The Labute approximate surface area is 145 Å². The summed E-state index contributed by atoms with van der Waals surface area (Å²) >= 11 is 0. The zero-order chi connectivity index (χ0) is 17.2. The van der Waals surface area contributed by atoms with Crippen molar-refractivity contribution in [1.82, 2.24) is 0 Å². The summed E-state index contributed by atoms with van der Waals surface area (Å²) in [6.07, 6.45) is 19.5. The van der Waals surface area contributed by atoms with E-state index in [-0.39, 0.29) is 12.1 Å². The van der Waals surface area contributed by atoms with E-state index in [1.165, 1.54) is 77.0 Å². The van der Waals surface area contributed by atoms with Crippen LogP contribution >= 0.6 is 0 Å². The van der Waals surface area contributed by atoms with E-state index in [4.69, 9.17) is 4.74 Å². The third kappa shape index (κ3) is 16.1. The second kappa shape index (κ2) is 17.8. The van der Waals surface area contributed by atoms with E-state index >= 15 is 0 Å². The molecule has 0 aromatic heterocycles. The summed E-state index contributed by atoms with van der Waals surface area (Å²) in [5.74, 6) is 0.00876. The predicted molar refractivity (Wildman–Crippen MR) is 101 cm³/mol. The molecule has 0 aliphatic rings. The maximum Gasteiger partial charge on any atom is 0.306 e. The summed E-state index contributed by atoms with van der Waals surface area (Å²) in [5, 5.41) is 0. The van der Waals surface area contributed by atoms with Gasteiger partial charge in [0.1, 0.15) is 6.10 Å². The van der Waals surface area contributed by atoms with Crippen LogP contribution in [0.1, 0.15) is 124 Å². The smallest absolute Gasteiger partial charge is 0.306 e. The Bertz CT molecular complexity index is 234. The molecule has 0 bridgehead atoms. The summed E-state index contributed by atoms with van der Waals surface area (Å²) < 4.78 is 5.71. The molecule has 0 aliphatic heterocycles.